The highest BCUT2D eigenvalue weighted by Crippen LogP contribution is 2.28. The van der Waals surface area contributed by atoms with Gasteiger partial charge in [0, 0.05) is 0 Å². The van der Waals surface area contributed by atoms with E-state index in [2.05, 4.69) is 0 Å². The fraction of sp³-hybridized carbons (Fsp3) is 0.556. The van der Waals surface area contributed by atoms with E-state index in [0.717, 1.165) is 23.2 Å². The van der Waals surface area contributed by atoms with Crippen molar-refractivity contribution in [1.82, 2.24) is 0 Å². The molecular formula is C18H27NO4. The van der Waals surface area contributed by atoms with Gasteiger partial charge in [0.1, 0.15) is 12.6 Å². The number of para-hydroxylation sites is 1. The van der Waals surface area contributed by atoms with E-state index in [1.165, 1.54) is 12.0 Å². The lowest BCUT2D eigenvalue weighted by molar-refractivity contribution is -0.143. The van der Waals surface area contributed by atoms with Gasteiger partial charge in [-0.2, -0.15) is 0 Å². The highest BCUT2D eigenvalue weighted by molar-refractivity contribution is 6.01. The van der Waals surface area contributed by atoms with Gasteiger partial charge in [-0.05, 0) is 45.2 Å². The number of hydrogen-bond acceptors (Lipinski definition) is 4. The van der Waals surface area contributed by atoms with Crippen LogP contribution in [0.3, 0.4) is 0 Å². The van der Waals surface area contributed by atoms with Crippen LogP contribution in [0.5, 0.6) is 0 Å². The Labute approximate surface area is 138 Å². The molecule has 0 fully saturated rings. The van der Waals surface area contributed by atoms with Crippen molar-refractivity contribution in [2.45, 2.75) is 53.2 Å². The van der Waals surface area contributed by atoms with Gasteiger partial charge >= 0.3 is 5.97 Å². The zero-order valence-electron chi connectivity index (χ0n) is 14.9. The molecule has 0 radical (unpaired) electrons. The number of hydrogen-bond donors (Lipinski definition) is 0. The van der Waals surface area contributed by atoms with E-state index in [1.807, 2.05) is 45.9 Å². The fourth-order valence-electron chi connectivity index (χ4n) is 2.47. The molecule has 1 atom stereocenters. The number of benzene rings is 1. The van der Waals surface area contributed by atoms with E-state index in [4.69, 9.17) is 9.47 Å². The number of aryl methyl sites for hydroxylation is 2. The van der Waals surface area contributed by atoms with Gasteiger partial charge in [0.15, 0.2) is 0 Å². The van der Waals surface area contributed by atoms with Crippen LogP contribution in [0.25, 0.3) is 0 Å². The van der Waals surface area contributed by atoms with Crippen molar-refractivity contribution in [2.75, 3.05) is 18.6 Å². The van der Waals surface area contributed by atoms with Crippen molar-refractivity contribution in [3.05, 3.63) is 29.3 Å². The highest BCUT2D eigenvalue weighted by atomic mass is 16.5. The Hall–Kier alpha value is -1.88. The van der Waals surface area contributed by atoms with Gasteiger partial charge in [-0.3, -0.25) is 9.69 Å². The highest BCUT2D eigenvalue weighted by Gasteiger charge is 2.30. The fourth-order valence-corrected chi connectivity index (χ4v) is 2.47. The lowest BCUT2D eigenvalue weighted by Gasteiger charge is -2.31. The molecule has 0 bridgehead atoms. The molecule has 0 heterocycles. The number of ether oxygens (including phenoxy) is 2. The van der Waals surface area contributed by atoms with Gasteiger partial charge < -0.3 is 9.47 Å². The number of amides is 1. The van der Waals surface area contributed by atoms with Gasteiger partial charge in [0.2, 0.25) is 0 Å². The molecule has 1 amide bonds. The van der Waals surface area contributed by atoms with Crippen molar-refractivity contribution >= 4 is 17.6 Å². The van der Waals surface area contributed by atoms with Crippen LogP contribution in [-0.2, 0) is 25.5 Å². The molecule has 1 rings (SSSR count). The molecule has 23 heavy (non-hydrogen) atoms. The standard InChI is InChI=1S/C18H27NO4/c1-7-15-10-8-9-13(4)17(15)19(14(5)18(21)22-6)16(20)11-23-12(2)3/h8-10,12,14H,7,11H2,1-6H3. The second kappa shape index (κ2) is 8.67. The first-order valence-corrected chi connectivity index (χ1v) is 7.93. The summed E-state index contributed by atoms with van der Waals surface area (Å²) < 4.78 is 10.3. The molecule has 5 nitrogen and oxygen atoms in total. The van der Waals surface area contributed by atoms with Crippen LogP contribution in [0, 0.1) is 6.92 Å². The Bertz CT molecular complexity index is 554. The average molecular weight is 321 g/mol. The summed E-state index contributed by atoms with van der Waals surface area (Å²) in [5, 5.41) is 0. The number of methoxy groups -OCH3 is 1. The predicted octanol–water partition coefficient (Wildman–Crippen LogP) is 2.88. The summed E-state index contributed by atoms with van der Waals surface area (Å²) in [6.45, 7) is 9.29. The van der Waals surface area contributed by atoms with Crippen LogP contribution in [-0.4, -0.2) is 37.7 Å². The van der Waals surface area contributed by atoms with E-state index in [0.29, 0.717) is 0 Å². The zero-order valence-corrected chi connectivity index (χ0v) is 14.9. The lowest BCUT2D eigenvalue weighted by Crippen LogP contribution is -2.46. The third kappa shape index (κ3) is 4.79. The molecule has 0 aliphatic heterocycles. The summed E-state index contributed by atoms with van der Waals surface area (Å²) in [6, 6.07) is 5.14. The third-order valence-corrected chi connectivity index (χ3v) is 3.68. The maximum atomic E-state index is 12.7. The molecule has 0 N–H and O–H groups in total. The molecule has 0 aromatic heterocycles. The SMILES string of the molecule is CCc1cccc(C)c1N(C(=O)COC(C)C)C(C)C(=O)OC. The Morgan fingerprint density at radius 3 is 2.39 bits per heavy atom. The van der Waals surface area contributed by atoms with Crippen LogP contribution in [0.4, 0.5) is 5.69 Å². The Morgan fingerprint density at radius 1 is 1.22 bits per heavy atom. The van der Waals surface area contributed by atoms with Crippen molar-refractivity contribution < 1.29 is 19.1 Å². The minimum absolute atomic E-state index is 0.0586. The van der Waals surface area contributed by atoms with E-state index < -0.39 is 12.0 Å². The molecule has 0 aliphatic rings. The molecule has 0 spiro atoms. The van der Waals surface area contributed by atoms with E-state index in [-0.39, 0.29) is 18.6 Å². The van der Waals surface area contributed by atoms with Crippen molar-refractivity contribution in [2.24, 2.45) is 0 Å². The molecule has 0 saturated heterocycles. The Kier molecular flexibility index (Phi) is 7.23. The smallest absolute Gasteiger partial charge is 0.328 e. The molecule has 1 unspecified atom stereocenters. The second-order valence-corrected chi connectivity index (χ2v) is 5.76. The molecule has 1 aromatic rings. The average Bonchev–Trinajstić information content (AvgIpc) is 2.53. The van der Waals surface area contributed by atoms with E-state index in [9.17, 15) is 9.59 Å². The van der Waals surface area contributed by atoms with Crippen LogP contribution >= 0.6 is 0 Å². The molecule has 0 aliphatic carbocycles. The minimum Gasteiger partial charge on any atom is -0.467 e. The van der Waals surface area contributed by atoms with Crippen molar-refractivity contribution in [3.63, 3.8) is 0 Å². The number of carbonyl (C=O) groups excluding carboxylic acids is 2. The molecular weight excluding hydrogens is 294 g/mol. The summed E-state index contributed by atoms with van der Waals surface area (Å²) >= 11 is 0. The first-order valence-electron chi connectivity index (χ1n) is 7.93. The monoisotopic (exact) mass is 321 g/mol. The summed E-state index contributed by atoms with van der Waals surface area (Å²) in [7, 11) is 1.32. The number of nitrogens with zero attached hydrogens (tertiary/aromatic N) is 1. The maximum absolute atomic E-state index is 12.7. The van der Waals surface area contributed by atoms with Gasteiger partial charge in [-0.1, -0.05) is 25.1 Å². The summed E-state index contributed by atoms with van der Waals surface area (Å²) in [5.41, 5.74) is 2.72. The summed E-state index contributed by atoms with van der Waals surface area (Å²) in [4.78, 5) is 26.2. The first-order chi connectivity index (χ1) is 10.8. The van der Waals surface area contributed by atoms with Crippen LogP contribution in [0.1, 0.15) is 38.8 Å². The normalized spacial score (nSPS) is 12.1. The largest absolute Gasteiger partial charge is 0.467 e. The van der Waals surface area contributed by atoms with Gasteiger partial charge in [0.05, 0.1) is 18.9 Å². The van der Waals surface area contributed by atoms with E-state index >= 15 is 0 Å². The van der Waals surface area contributed by atoms with Crippen LogP contribution in [0.15, 0.2) is 18.2 Å². The molecule has 128 valence electrons. The van der Waals surface area contributed by atoms with Gasteiger partial charge in [-0.15, -0.1) is 0 Å². The molecule has 0 saturated carbocycles. The predicted molar refractivity (Wildman–Crippen MR) is 90.6 cm³/mol. The van der Waals surface area contributed by atoms with Gasteiger partial charge in [0.25, 0.3) is 5.91 Å². The number of carbonyl (C=O) groups is 2. The van der Waals surface area contributed by atoms with Gasteiger partial charge in [-0.25, -0.2) is 4.79 Å². The molecule has 5 heteroatoms. The zero-order chi connectivity index (χ0) is 17.6. The third-order valence-electron chi connectivity index (χ3n) is 3.68. The summed E-state index contributed by atoms with van der Waals surface area (Å²) in [6.07, 6.45) is 0.705. The first kappa shape index (κ1) is 19.2. The Morgan fingerprint density at radius 2 is 1.87 bits per heavy atom. The maximum Gasteiger partial charge on any atom is 0.328 e. The minimum atomic E-state index is -0.713. The second-order valence-electron chi connectivity index (χ2n) is 5.76. The van der Waals surface area contributed by atoms with Crippen molar-refractivity contribution in [3.8, 4) is 0 Å². The van der Waals surface area contributed by atoms with E-state index in [1.54, 1.807) is 6.92 Å². The number of rotatable bonds is 7. The van der Waals surface area contributed by atoms with Crippen LogP contribution in [0.2, 0.25) is 0 Å². The number of anilines is 1. The lowest BCUT2D eigenvalue weighted by atomic mass is 10.0. The molecule has 1 aromatic carbocycles. The topological polar surface area (TPSA) is 55.8 Å². The van der Waals surface area contributed by atoms with Crippen LogP contribution < -0.4 is 4.90 Å². The quantitative estimate of drug-likeness (QED) is 0.725. The van der Waals surface area contributed by atoms with Crippen molar-refractivity contribution in [1.29, 1.82) is 0 Å². The Balaban J connectivity index is 3.29. The number of esters is 1. The summed E-state index contributed by atoms with van der Waals surface area (Å²) in [5.74, 6) is -0.700.